The Hall–Kier alpha value is -1.91. The maximum Gasteiger partial charge on any atom is 0.220 e. The predicted molar refractivity (Wildman–Crippen MR) is 71.9 cm³/mol. The molecule has 0 radical (unpaired) electrons. The third-order valence-electron chi connectivity index (χ3n) is 3.32. The summed E-state index contributed by atoms with van der Waals surface area (Å²) in [5.74, 6) is 0.220. The average Bonchev–Trinajstić information content (AvgIpc) is 2.58. The van der Waals surface area contributed by atoms with Crippen molar-refractivity contribution < 1.29 is 14.3 Å². The molecular weight excluding hydrogens is 244 g/mol. The van der Waals surface area contributed by atoms with Gasteiger partial charge < -0.3 is 10.1 Å². The van der Waals surface area contributed by atoms with Gasteiger partial charge in [-0.25, -0.2) is 0 Å². The lowest BCUT2D eigenvalue weighted by Gasteiger charge is -2.20. The topological polar surface area (TPSA) is 67.8 Å². The van der Waals surface area contributed by atoms with Crippen molar-refractivity contribution >= 4 is 17.4 Å². The fourth-order valence-electron chi connectivity index (χ4n) is 2.21. The van der Waals surface area contributed by atoms with Crippen molar-refractivity contribution in [1.82, 2.24) is 5.32 Å². The zero-order valence-corrected chi connectivity index (χ0v) is 11.2. The van der Waals surface area contributed by atoms with Gasteiger partial charge in [0.05, 0.1) is 24.8 Å². The van der Waals surface area contributed by atoms with Crippen LogP contribution in [0.4, 0.5) is 0 Å². The molecule has 1 aliphatic carbocycles. The Labute approximate surface area is 112 Å². The van der Waals surface area contributed by atoms with E-state index in [2.05, 4.69) is 10.3 Å². The van der Waals surface area contributed by atoms with Crippen molar-refractivity contribution in [2.45, 2.75) is 25.8 Å². The Morgan fingerprint density at radius 2 is 2.37 bits per heavy atom. The van der Waals surface area contributed by atoms with Gasteiger partial charge in [0.1, 0.15) is 5.76 Å². The molecule has 2 atom stereocenters. The lowest BCUT2D eigenvalue weighted by molar-refractivity contribution is -0.128. The summed E-state index contributed by atoms with van der Waals surface area (Å²) in [5, 5.41) is 2.77. The normalized spacial score (nSPS) is 25.9. The summed E-state index contributed by atoms with van der Waals surface area (Å²) in [6.45, 7) is 2.31. The Bertz CT molecular complexity index is 477. The summed E-state index contributed by atoms with van der Waals surface area (Å²) in [5.41, 5.74) is 0.720. The van der Waals surface area contributed by atoms with E-state index in [1.807, 2.05) is 0 Å². The standard InChI is InChI=1S/C14H18N2O3/c1-3-13(17)16-11-6-7-15-12-8-9(19-2)4-5-10(12)14(11)18/h4-5,8,10-11H,3,6-7H2,1-2H3,(H,16,17). The van der Waals surface area contributed by atoms with Gasteiger partial charge in [0.15, 0.2) is 5.78 Å². The molecule has 0 aromatic heterocycles. The average molecular weight is 262 g/mol. The molecule has 1 N–H and O–H groups in total. The first-order chi connectivity index (χ1) is 9.15. The third kappa shape index (κ3) is 2.92. The van der Waals surface area contributed by atoms with Crippen LogP contribution in [0.25, 0.3) is 0 Å². The van der Waals surface area contributed by atoms with Crippen molar-refractivity contribution in [3.63, 3.8) is 0 Å². The summed E-state index contributed by atoms with van der Waals surface area (Å²) < 4.78 is 5.14. The first-order valence-corrected chi connectivity index (χ1v) is 6.47. The van der Waals surface area contributed by atoms with Crippen LogP contribution in [-0.2, 0) is 14.3 Å². The zero-order chi connectivity index (χ0) is 13.8. The number of rotatable bonds is 3. The molecule has 0 saturated heterocycles. The molecule has 5 heteroatoms. The molecule has 0 fully saturated rings. The second kappa shape index (κ2) is 5.82. The van der Waals surface area contributed by atoms with Crippen molar-refractivity contribution in [2.75, 3.05) is 13.7 Å². The number of nitrogens with zero attached hydrogens (tertiary/aromatic N) is 1. The minimum Gasteiger partial charge on any atom is -0.497 e. The van der Waals surface area contributed by atoms with Crippen molar-refractivity contribution in [3.05, 3.63) is 24.0 Å². The highest BCUT2D eigenvalue weighted by molar-refractivity contribution is 6.15. The van der Waals surface area contributed by atoms with Gasteiger partial charge in [-0.15, -0.1) is 0 Å². The van der Waals surface area contributed by atoms with Crippen molar-refractivity contribution in [3.8, 4) is 0 Å². The summed E-state index contributed by atoms with van der Waals surface area (Å²) in [6.07, 6.45) is 6.27. The minimum absolute atomic E-state index is 0.000651. The van der Waals surface area contributed by atoms with E-state index in [0.717, 1.165) is 5.71 Å². The first-order valence-electron chi connectivity index (χ1n) is 6.47. The quantitative estimate of drug-likeness (QED) is 0.825. The van der Waals surface area contributed by atoms with E-state index in [4.69, 9.17) is 4.74 Å². The molecule has 1 heterocycles. The number of nitrogens with one attached hydrogen (secondary N) is 1. The predicted octanol–water partition coefficient (Wildman–Crippen LogP) is 1.01. The van der Waals surface area contributed by atoms with Crippen LogP contribution in [0.1, 0.15) is 19.8 Å². The van der Waals surface area contributed by atoms with Gasteiger partial charge in [-0.2, -0.15) is 0 Å². The van der Waals surface area contributed by atoms with Gasteiger partial charge in [-0.05, 0) is 12.5 Å². The van der Waals surface area contributed by atoms with Gasteiger partial charge in [0, 0.05) is 19.0 Å². The van der Waals surface area contributed by atoms with Crippen LogP contribution in [0.2, 0.25) is 0 Å². The Balaban J connectivity index is 2.16. The summed E-state index contributed by atoms with van der Waals surface area (Å²) in [6, 6.07) is -0.444. The second-order valence-corrected chi connectivity index (χ2v) is 4.56. The summed E-state index contributed by atoms with van der Waals surface area (Å²) in [4.78, 5) is 28.3. The van der Waals surface area contributed by atoms with Crippen molar-refractivity contribution in [2.24, 2.45) is 10.9 Å². The summed E-state index contributed by atoms with van der Waals surface area (Å²) in [7, 11) is 1.58. The molecule has 0 aromatic rings. The van der Waals surface area contributed by atoms with Gasteiger partial charge in [-0.1, -0.05) is 13.0 Å². The lowest BCUT2D eigenvalue weighted by Crippen LogP contribution is -2.44. The van der Waals surface area contributed by atoms with Crippen LogP contribution in [0.5, 0.6) is 0 Å². The number of Topliss-reactive ketones (excluding diaryl/α,β-unsaturated/α-hetero) is 1. The Morgan fingerprint density at radius 1 is 1.58 bits per heavy atom. The fraction of sp³-hybridized carbons (Fsp3) is 0.500. The third-order valence-corrected chi connectivity index (χ3v) is 3.32. The molecule has 0 aromatic carbocycles. The number of hydrogen-bond acceptors (Lipinski definition) is 4. The largest absolute Gasteiger partial charge is 0.497 e. The number of allylic oxidation sites excluding steroid dienone is 3. The molecule has 2 rings (SSSR count). The Kier molecular flexibility index (Phi) is 4.14. The van der Waals surface area contributed by atoms with E-state index in [1.54, 1.807) is 32.3 Å². The molecule has 102 valence electrons. The zero-order valence-electron chi connectivity index (χ0n) is 11.2. The molecule has 19 heavy (non-hydrogen) atoms. The molecule has 2 unspecified atom stereocenters. The molecule has 5 nitrogen and oxygen atoms in total. The number of ketones is 1. The molecule has 0 saturated carbocycles. The van der Waals surface area contributed by atoms with E-state index in [1.165, 1.54) is 0 Å². The number of fused-ring (bicyclic) bond motifs is 1. The van der Waals surface area contributed by atoms with Gasteiger partial charge in [0.2, 0.25) is 5.91 Å². The number of methoxy groups -OCH3 is 1. The van der Waals surface area contributed by atoms with Crippen LogP contribution < -0.4 is 5.32 Å². The maximum atomic E-state index is 12.4. The highest BCUT2D eigenvalue weighted by Gasteiger charge is 2.32. The highest BCUT2D eigenvalue weighted by Crippen LogP contribution is 2.21. The number of aliphatic imine (C=N–C) groups is 1. The van der Waals surface area contributed by atoms with Gasteiger partial charge in [0.25, 0.3) is 0 Å². The van der Waals surface area contributed by atoms with Crippen LogP contribution in [0, 0.1) is 5.92 Å². The number of amides is 1. The van der Waals surface area contributed by atoms with E-state index < -0.39 is 6.04 Å². The smallest absolute Gasteiger partial charge is 0.220 e. The number of hydrogen-bond donors (Lipinski definition) is 1. The number of carbonyl (C=O) groups excluding carboxylic acids is 2. The van der Waals surface area contributed by atoms with Gasteiger partial charge >= 0.3 is 0 Å². The molecule has 2 aliphatic rings. The first kappa shape index (κ1) is 13.5. The molecule has 1 amide bonds. The molecule has 0 bridgehead atoms. The van der Waals surface area contributed by atoms with Crippen LogP contribution in [0.15, 0.2) is 29.0 Å². The second-order valence-electron chi connectivity index (χ2n) is 4.56. The van der Waals surface area contributed by atoms with Crippen LogP contribution in [0.3, 0.4) is 0 Å². The van der Waals surface area contributed by atoms with E-state index in [-0.39, 0.29) is 17.6 Å². The molecule has 0 spiro atoms. The van der Waals surface area contributed by atoms with Crippen LogP contribution >= 0.6 is 0 Å². The number of carbonyl (C=O) groups is 2. The number of ether oxygens (including phenoxy) is 1. The lowest BCUT2D eigenvalue weighted by atomic mass is 9.89. The van der Waals surface area contributed by atoms with Crippen molar-refractivity contribution in [1.29, 1.82) is 0 Å². The highest BCUT2D eigenvalue weighted by atomic mass is 16.5. The van der Waals surface area contributed by atoms with E-state index >= 15 is 0 Å². The maximum absolute atomic E-state index is 12.4. The minimum atomic E-state index is -0.444. The Morgan fingerprint density at radius 3 is 3.05 bits per heavy atom. The monoisotopic (exact) mass is 262 g/mol. The molecule has 1 aliphatic heterocycles. The fourth-order valence-corrected chi connectivity index (χ4v) is 2.21. The van der Waals surface area contributed by atoms with E-state index in [0.29, 0.717) is 25.1 Å². The SMILES string of the molecule is CCC(=O)NC1CCN=C2C=C(OC)C=CC2C1=O. The van der Waals surface area contributed by atoms with E-state index in [9.17, 15) is 9.59 Å². The molecular formula is C14H18N2O3. The van der Waals surface area contributed by atoms with Crippen LogP contribution in [-0.4, -0.2) is 37.1 Å². The van der Waals surface area contributed by atoms with Gasteiger partial charge in [-0.3, -0.25) is 14.6 Å². The summed E-state index contributed by atoms with van der Waals surface area (Å²) >= 11 is 0.